The second kappa shape index (κ2) is 7.33. The van der Waals surface area contributed by atoms with Gasteiger partial charge in [0.1, 0.15) is 12.9 Å². The molecule has 2 aromatic carbocycles. The van der Waals surface area contributed by atoms with E-state index in [0.717, 1.165) is 65.8 Å². The maximum absolute atomic E-state index is 8.98. The minimum absolute atomic E-state index is 0.102. The molecule has 2 aliphatic rings. The van der Waals surface area contributed by atoms with E-state index in [4.69, 9.17) is 7.73 Å². The van der Waals surface area contributed by atoms with Gasteiger partial charge in [0, 0.05) is 21.3 Å². The van der Waals surface area contributed by atoms with Crippen LogP contribution >= 0.6 is 0 Å². The number of aromatic nitrogens is 3. The Kier molecular flexibility index (Phi) is 3.95. The quantitative estimate of drug-likeness (QED) is 0.342. The molecule has 0 amide bonds. The second-order valence-corrected chi connectivity index (χ2v) is 9.22. The molecule has 0 spiro atoms. The summed E-state index contributed by atoms with van der Waals surface area (Å²) in [6.45, 7) is 2.13. The van der Waals surface area contributed by atoms with E-state index < -0.39 is 6.37 Å². The highest BCUT2D eigenvalue weighted by Gasteiger charge is 2.24. The van der Waals surface area contributed by atoms with E-state index in [1.165, 1.54) is 23.2 Å². The van der Waals surface area contributed by atoms with Crippen molar-refractivity contribution in [2.75, 3.05) is 0 Å². The molecule has 2 aromatic heterocycles. The lowest BCUT2D eigenvalue weighted by atomic mass is 9.85. The molecule has 0 bridgehead atoms. The Morgan fingerprint density at radius 1 is 1.10 bits per heavy atom. The summed E-state index contributed by atoms with van der Waals surface area (Å²) in [5.74, 6) is 1.19. The van der Waals surface area contributed by atoms with Crippen LogP contribution in [0.5, 0.6) is 0 Å². The van der Waals surface area contributed by atoms with Crippen LogP contribution in [0, 0.1) is 12.8 Å². The summed E-state index contributed by atoms with van der Waals surface area (Å²) < 4.78 is 22.4. The first-order valence-corrected chi connectivity index (χ1v) is 11.5. The Hall–Kier alpha value is -2.94. The average Bonchev–Trinajstić information content (AvgIpc) is 3.35. The van der Waals surface area contributed by atoms with Crippen molar-refractivity contribution in [3.63, 3.8) is 0 Å². The van der Waals surface area contributed by atoms with E-state index in [1.54, 1.807) is 0 Å². The van der Waals surface area contributed by atoms with Gasteiger partial charge in [-0.25, -0.2) is 9.55 Å². The van der Waals surface area contributed by atoms with Crippen LogP contribution < -0.4 is 4.57 Å². The minimum atomic E-state index is -1.31. The molecule has 1 aliphatic carbocycles. The lowest BCUT2D eigenvalue weighted by Gasteiger charge is -2.21. The third-order valence-corrected chi connectivity index (χ3v) is 7.05. The van der Waals surface area contributed by atoms with Crippen molar-refractivity contribution in [2.45, 2.75) is 51.8 Å². The molecular formula is C28H30N3+. The molecule has 156 valence electrons. The standard InChI is InChI=1S/C28H30N3/c1-19-14-24-27(31-25-11-7-6-10-22(25)17-28(31)29-24)18-23(19)26-16-21(12-13-30(26)2)15-20-8-4-3-5-9-20/h6-7,10-14,16,18,20H,3-5,8-9,15,17H2,1-2H3/q+1/i15D2. The summed E-state index contributed by atoms with van der Waals surface area (Å²) in [6, 6.07) is 17.0. The molecule has 0 saturated heterocycles. The summed E-state index contributed by atoms with van der Waals surface area (Å²) in [6.07, 6.45) is 7.06. The minimum Gasteiger partial charge on any atom is -0.296 e. The van der Waals surface area contributed by atoms with Crippen LogP contribution in [0.2, 0.25) is 0 Å². The molecule has 0 radical (unpaired) electrons. The van der Waals surface area contributed by atoms with Gasteiger partial charge >= 0.3 is 0 Å². The molecule has 1 fully saturated rings. The molecule has 4 aromatic rings. The van der Waals surface area contributed by atoms with Crippen LogP contribution in [-0.2, 0) is 19.8 Å². The van der Waals surface area contributed by atoms with Crippen LogP contribution in [0.25, 0.3) is 28.0 Å². The summed E-state index contributed by atoms with van der Waals surface area (Å²) in [5.41, 5.74) is 8.83. The highest BCUT2D eigenvalue weighted by atomic mass is 15.1. The monoisotopic (exact) mass is 410 g/mol. The fourth-order valence-electron chi connectivity index (χ4n) is 5.40. The van der Waals surface area contributed by atoms with Crippen molar-refractivity contribution >= 4 is 11.0 Å². The number of benzene rings is 2. The number of para-hydroxylation sites is 1. The fourth-order valence-corrected chi connectivity index (χ4v) is 5.40. The zero-order chi connectivity index (χ0) is 22.7. The fraction of sp³-hybridized carbons (Fsp3) is 0.357. The molecule has 3 heterocycles. The third kappa shape index (κ3) is 3.18. The first-order valence-electron chi connectivity index (χ1n) is 12.5. The number of hydrogen-bond acceptors (Lipinski definition) is 1. The highest BCUT2D eigenvalue weighted by molar-refractivity contribution is 5.86. The van der Waals surface area contributed by atoms with Crippen molar-refractivity contribution in [3.8, 4) is 16.9 Å². The van der Waals surface area contributed by atoms with E-state index in [-0.39, 0.29) is 5.92 Å². The molecule has 0 unspecified atom stereocenters. The molecule has 1 aliphatic heterocycles. The lowest BCUT2D eigenvalue weighted by Crippen LogP contribution is -2.31. The molecule has 31 heavy (non-hydrogen) atoms. The smallest absolute Gasteiger partial charge is 0.212 e. The van der Waals surface area contributed by atoms with E-state index >= 15 is 0 Å². The van der Waals surface area contributed by atoms with Gasteiger partial charge in [0.05, 0.1) is 22.3 Å². The van der Waals surface area contributed by atoms with Crippen LogP contribution in [-0.4, -0.2) is 9.55 Å². The van der Waals surface area contributed by atoms with Crippen molar-refractivity contribution in [3.05, 3.63) is 77.2 Å². The molecule has 6 rings (SSSR count). The number of nitrogens with zero attached hydrogens (tertiary/aromatic N) is 3. The Balaban J connectivity index is 1.49. The molecule has 1 saturated carbocycles. The molecular weight excluding hydrogens is 378 g/mol. The van der Waals surface area contributed by atoms with Crippen LogP contribution in [0.3, 0.4) is 0 Å². The number of pyridine rings is 1. The van der Waals surface area contributed by atoms with Crippen molar-refractivity contribution in [2.24, 2.45) is 13.0 Å². The Morgan fingerprint density at radius 2 is 1.94 bits per heavy atom. The molecule has 3 heteroatoms. The molecule has 0 atom stereocenters. The van der Waals surface area contributed by atoms with Crippen molar-refractivity contribution in [1.82, 2.24) is 9.55 Å². The molecule has 3 nitrogen and oxygen atoms in total. The number of fused-ring (bicyclic) bond motifs is 5. The van der Waals surface area contributed by atoms with Gasteiger partial charge in [-0.15, -0.1) is 0 Å². The zero-order valence-corrected chi connectivity index (χ0v) is 18.4. The van der Waals surface area contributed by atoms with Crippen molar-refractivity contribution < 1.29 is 7.31 Å². The second-order valence-electron chi connectivity index (χ2n) is 9.22. The average molecular weight is 411 g/mol. The summed E-state index contributed by atoms with van der Waals surface area (Å²) >= 11 is 0. The van der Waals surface area contributed by atoms with E-state index in [2.05, 4.69) is 65.6 Å². The SMILES string of the molecule is [2H]C([2H])(c1cc[n+](C)c(-c2cc3c(cc2C)nc2n3-c3ccccc3C2)c1)C1CCCCC1. The van der Waals surface area contributed by atoms with Gasteiger partial charge in [0.2, 0.25) is 5.69 Å². The van der Waals surface area contributed by atoms with Gasteiger partial charge in [-0.1, -0.05) is 50.3 Å². The van der Waals surface area contributed by atoms with E-state index in [9.17, 15) is 0 Å². The summed E-state index contributed by atoms with van der Waals surface area (Å²) in [7, 11) is 2.05. The first kappa shape index (κ1) is 16.7. The summed E-state index contributed by atoms with van der Waals surface area (Å²) in [5, 5.41) is 0. The predicted molar refractivity (Wildman–Crippen MR) is 126 cm³/mol. The number of imidazole rings is 1. The lowest BCUT2D eigenvalue weighted by molar-refractivity contribution is -0.660. The Morgan fingerprint density at radius 3 is 2.81 bits per heavy atom. The van der Waals surface area contributed by atoms with E-state index in [1.807, 2.05) is 12.3 Å². The normalized spacial score (nSPS) is 17.4. The molecule has 0 N–H and O–H groups in total. The maximum Gasteiger partial charge on any atom is 0.212 e. The van der Waals surface area contributed by atoms with Gasteiger partial charge in [-0.3, -0.25) is 4.57 Å². The maximum atomic E-state index is 8.98. The highest BCUT2D eigenvalue weighted by Crippen LogP contribution is 2.35. The van der Waals surface area contributed by atoms with Gasteiger partial charge in [-0.05, 0) is 54.1 Å². The van der Waals surface area contributed by atoms with Gasteiger partial charge in [0.25, 0.3) is 0 Å². The van der Waals surface area contributed by atoms with Crippen LogP contribution in [0.1, 0.15) is 57.4 Å². The predicted octanol–water partition coefficient (Wildman–Crippen LogP) is 5.85. The Labute approximate surface area is 187 Å². The van der Waals surface area contributed by atoms with Gasteiger partial charge in [-0.2, -0.15) is 0 Å². The van der Waals surface area contributed by atoms with Gasteiger partial charge < -0.3 is 0 Å². The zero-order valence-electron chi connectivity index (χ0n) is 20.4. The van der Waals surface area contributed by atoms with Crippen molar-refractivity contribution in [1.29, 1.82) is 0 Å². The van der Waals surface area contributed by atoms with E-state index in [0.29, 0.717) is 0 Å². The number of hydrogen-bond donors (Lipinski definition) is 0. The van der Waals surface area contributed by atoms with Gasteiger partial charge in [0.15, 0.2) is 6.20 Å². The number of aryl methyl sites for hydroxylation is 2. The number of rotatable bonds is 3. The largest absolute Gasteiger partial charge is 0.296 e. The van der Waals surface area contributed by atoms with Crippen LogP contribution in [0.4, 0.5) is 0 Å². The topological polar surface area (TPSA) is 21.7 Å². The summed E-state index contributed by atoms with van der Waals surface area (Å²) in [4.78, 5) is 4.94. The third-order valence-electron chi connectivity index (χ3n) is 7.05. The Bertz CT molecular complexity index is 1380. The first-order chi connectivity index (χ1) is 15.9. The van der Waals surface area contributed by atoms with Crippen LogP contribution in [0.15, 0.2) is 54.7 Å².